The molecule has 0 aliphatic carbocycles. The first-order chi connectivity index (χ1) is 6.79. The first kappa shape index (κ1) is 11.8. The molecule has 0 radical (unpaired) electrons. The van der Waals surface area contributed by atoms with Gasteiger partial charge in [0, 0.05) is 5.56 Å². The van der Waals surface area contributed by atoms with Crippen molar-refractivity contribution < 1.29 is 5.11 Å². The summed E-state index contributed by atoms with van der Waals surface area (Å²) in [4.78, 5) is 0. The van der Waals surface area contributed by atoms with Crippen LogP contribution in [0, 0.1) is 0 Å². The molecule has 1 aromatic carbocycles. The van der Waals surface area contributed by atoms with E-state index in [4.69, 9.17) is 0 Å². The van der Waals surface area contributed by atoms with E-state index in [1.807, 2.05) is 41.7 Å². The molecule has 0 saturated carbocycles. The van der Waals surface area contributed by atoms with Gasteiger partial charge in [-0.25, -0.2) is 0 Å². The Bertz CT molecular complexity index is 270. The fourth-order valence-electron chi connectivity index (χ4n) is 1.22. The highest BCUT2D eigenvalue weighted by molar-refractivity contribution is 8.16. The van der Waals surface area contributed by atoms with Crippen LogP contribution in [0.15, 0.2) is 24.3 Å². The fourth-order valence-corrected chi connectivity index (χ4v) is 3.78. The number of thioether (sulfide) groups is 2. The van der Waals surface area contributed by atoms with Crippen molar-refractivity contribution in [2.24, 2.45) is 0 Å². The van der Waals surface area contributed by atoms with Crippen molar-refractivity contribution in [1.29, 1.82) is 0 Å². The van der Waals surface area contributed by atoms with Crippen LogP contribution >= 0.6 is 23.5 Å². The van der Waals surface area contributed by atoms with Crippen molar-refractivity contribution in [3.63, 3.8) is 0 Å². The zero-order chi connectivity index (χ0) is 10.4. The van der Waals surface area contributed by atoms with Crippen molar-refractivity contribution >= 4 is 23.5 Å². The maximum atomic E-state index is 9.71. The molecule has 0 aliphatic heterocycles. The van der Waals surface area contributed by atoms with Crippen LogP contribution in [0.2, 0.25) is 0 Å². The largest absolute Gasteiger partial charge is 0.508 e. The van der Waals surface area contributed by atoms with E-state index in [0.717, 1.165) is 17.1 Å². The van der Waals surface area contributed by atoms with Crippen LogP contribution in [0.1, 0.15) is 24.0 Å². The molecule has 78 valence electrons. The van der Waals surface area contributed by atoms with Gasteiger partial charge in [-0.3, -0.25) is 0 Å². The van der Waals surface area contributed by atoms with E-state index in [-0.39, 0.29) is 0 Å². The molecule has 0 amide bonds. The second-order valence-corrected chi connectivity index (χ2v) is 5.86. The molecule has 0 aromatic heterocycles. The lowest BCUT2D eigenvalue weighted by molar-refractivity contribution is 0.470. The number of benzene rings is 1. The Labute approximate surface area is 94.3 Å². The molecule has 1 aromatic rings. The normalized spacial score (nSPS) is 10.8. The summed E-state index contributed by atoms with van der Waals surface area (Å²) < 4.78 is 0.367. The smallest absolute Gasteiger partial charge is 0.120 e. The van der Waals surface area contributed by atoms with Crippen molar-refractivity contribution in [2.75, 3.05) is 11.5 Å². The monoisotopic (exact) mass is 228 g/mol. The van der Waals surface area contributed by atoms with E-state index in [1.54, 1.807) is 6.07 Å². The molecule has 1 rings (SSSR count). The molecule has 3 heteroatoms. The minimum atomic E-state index is 0.367. The predicted molar refractivity (Wildman–Crippen MR) is 67.1 cm³/mol. The summed E-state index contributed by atoms with van der Waals surface area (Å²) in [7, 11) is 0. The second kappa shape index (κ2) is 6.25. The highest BCUT2D eigenvalue weighted by Crippen LogP contribution is 2.42. The van der Waals surface area contributed by atoms with Crippen LogP contribution < -0.4 is 0 Å². The summed E-state index contributed by atoms with van der Waals surface area (Å²) in [6.07, 6.45) is 0. The Balaban J connectivity index is 2.81. The zero-order valence-corrected chi connectivity index (χ0v) is 10.2. The predicted octanol–water partition coefficient (Wildman–Crippen LogP) is 3.90. The van der Waals surface area contributed by atoms with Gasteiger partial charge in [-0.05, 0) is 17.6 Å². The van der Waals surface area contributed by atoms with E-state index >= 15 is 0 Å². The molecule has 1 nitrogen and oxygen atoms in total. The van der Waals surface area contributed by atoms with Gasteiger partial charge in [0.25, 0.3) is 0 Å². The van der Waals surface area contributed by atoms with Gasteiger partial charge < -0.3 is 5.11 Å². The molecule has 0 bridgehead atoms. The highest BCUT2D eigenvalue weighted by atomic mass is 32.2. The molecular formula is C11H16OS2. The van der Waals surface area contributed by atoms with Crippen LogP contribution in [0.4, 0.5) is 0 Å². The number of hydrogen-bond acceptors (Lipinski definition) is 3. The number of rotatable bonds is 5. The van der Waals surface area contributed by atoms with Gasteiger partial charge in [-0.1, -0.05) is 32.0 Å². The molecule has 0 spiro atoms. The van der Waals surface area contributed by atoms with Gasteiger partial charge >= 0.3 is 0 Å². The lowest BCUT2D eigenvalue weighted by Gasteiger charge is -2.15. The first-order valence-corrected chi connectivity index (χ1v) is 6.90. The highest BCUT2D eigenvalue weighted by Gasteiger charge is 2.13. The molecule has 0 heterocycles. The average Bonchev–Trinajstić information content (AvgIpc) is 2.18. The van der Waals surface area contributed by atoms with Crippen LogP contribution in [-0.2, 0) is 0 Å². The Morgan fingerprint density at radius 3 is 2.21 bits per heavy atom. The van der Waals surface area contributed by atoms with Crippen molar-refractivity contribution in [3.05, 3.63) is 29.8 Å². The third kappa shape index (κ3) is 3.14. The summed E-state index contributed by atoms with van der Waals surface area (Å²) in [5.74, 6) is 2.57. The zero-order valence-electron chi connectivity index (χ0n) is 8.56. The van der Waals surface area contributed by atoms with Crippen LogP contribution in [0.5, 0.6) is 5.75 Å². The van der Waals surface area contributed by atoms with E-state index in [2.05, 4.69) is 13.8 Å². The van der Waals surface area contributed by atoms with Gasteiger partial charge in [0.2, 0.25) is 0 Å². The van der Waals surface area contributed by atoms with Gasteiger partial charge in [0.1, 0.15) is 5.75 Å². The molecule has 0 unspecified atom stereocenters. The van der Waals surface area contributed by atoms with Crippen molar-refractivity contribution in [3.8, 4) is 5.75 Å². The van der Waals surface area contributed by atoms with Gasteiger partial charge in [0.05, 0.1) is 4.58 Å². The first-order valence-electron chi connectivity index (χ1n) is 4.80. The SMILES string of the molecule is CCSC(SCC)c1ccccc1O. The molecule has 0 saturated heterocycles. The Hall–Kier alpha value is -0.280. The molecule has 1 N–H and O–H groups in total. The van der Waals surface area contributed by atoms with Crippen LogP contribution in [-0.4, -0.2) is 16.6 Å². The molecule has 0 aliphatic rings. The minimum absolute atomic E-state index is 0.367. The number of phenolic OH excluding ortho intramolecular Hbond substituents is 1. The summed E-state index contributed by atoms with van der Waals surface area (Å²) >= 11 is 3.74. The standard InChI is InChI=1S/C11H16OS2/c1-3-13-11(14-4-2)9-7-5-6-8-10(9)12/h5-8,11-12H,3-4H2,1-2H3. The van der Waals surface area contributed by atoms with Crippen molar-refractivity contribution in [1.82, 2.24) is 0 Å². The molecular weight excluding hydrogens is 212 g/mol. The third-order valence-corrected chi connectivity index (χ3v) is 4.42. The summed E-state index contributed by atoms with van der Waals surface area (Å²) in [6, 6.07) is 7.61. The van der Waals surface area contributed by atoms with Crippen LogP contribution in [0.25, 0.3) is 0 Å². The van der Waals surface area contributed by atoms with E-state index < -0.39 is 0 Å². The van der Waals surface area contributed by atoms with E-state index in [9.17, 15) is 5.11 Å². The molecule has 0 atom stereocenters. The Kier molecular flexibility index (Phi) is 5.26. The second-order valence-electron chi connectivity index (χ2n) is 2.80. The van der Waals surface area contributed by atoms with Crippen LogP contribution in [0.3, 0.4) is 0 Å². The minimum Gasteiger partial charge on any atom is -0.508 e. The van der Waals surface area contributed by atoms with Gasteiger partial charge in [0.15, 0.2) is 0 Å². The van der Waals surface area contributed by atoms with E-state index in [0.29, 0.717) is 10.3 Å². The maximum Gasteiger partial charge on any atom is 0.120 e. The third-order valence-electron chi connectivity index (χ3n) is 1.83. The van der Waals surface area contributed by atoms with Crippen molar-refractivity contribution in [2.45, 2.75) is 18.4 Å². The van der Waals surface area contributed by atoms with Gasteiger partial charge in [-0.15, -0.1) is 23.5 Å². The molecule has 14 heavy (non-hydrogen) atoms. The summed E-state index contributed by atoms with van der Waals surface area (Å²) in [5.41, 5.74) is 1.05. The fraction of sp³-hybridized carbons (Fsp3) is 0.455. The number of para-hydroxylation sites is 1. The van der Waals surface area contributed by atoms with E-state index in [1.165, 1.54) is 0 Å². The average molecular weight is 228 g/mol. The molecule has 0 fully saturated rings. The lowest BCUT2D eigenvalue weighted by Crippen LogP contribution is -1.91. The Morgan fingerprint density at radius 2 is 1.71 bits per heavy atom. The number of hydrogen-bond donors (Lipinski definition) is 1. The van der Waals surface area contributed by atoms with Gasteiger partial charge in [-0.2, -0.15) is 0 Å². The lowest BCUT2D eigenvalue weighted by atomic mass is 10.2. The maximum absolute atomic E-state index is 9.71. The Morgan fingerprint density at radius 1 is 1.14 bits per heavy atom. The summed E-state index contributed by atoms with van der Waals surface area (Å²) in [6.45, 7) is 4.29. The quantitative estimate of drug-likeness (QED) is 0.772. The summed E-state index contributed by atoms with van der Waals surface area (Å²) in [5, 5.41) is 9.71. The topological polar surface area (TPSA) is 20.2 Å². The number of phenols is 1. The number of aromatic hydroxyl groups is 1.